The van der Waals surface area contributed by atoms with Gasteiger partial charge in [-0.2, -0.15) is 0 Å². The second kappa shape index (κ2) is 5.05. The van der Waals surface area contributed by atoms with Crippen molar-refractivity contribution in [2.24, 2.45) is 5.73 Å². The molecule has 0 spiro atoms. The number of benzene rings is 1. The van der Waals surface area contributed by atoms with E-state index in [1.54, 1.807) is 0 Å². The van der Waals surface area contributed by atoms with Crippen molar-refractivity contribution in [1.82, 2.24) is 10.3 Å². The van der Waals surface area contributed by atoms with Crippen molar-refractivity contribution in [2.75, 3.05) is 6.54 Å². The number of nitrogens with zero attached hydrogens (tertiary/aromatic N) is 1. The largest absolute Gasteiger partial charge is 0.329 e. The Balaban J connectivity index is 2.23. The van der Waals surface area contributed by atoms with Crippen LogP contribution in [0.2, 0.25) is 0 Å². The van der Waals surface area contributed by atoms with Crippen LogP contribution in [0.25, 0.3) is 10.9 Å². The Labute approximate surface area is 95.7 Å². The van der Waals surface area contributed by atoms with Gasteiger partial charge < -0.3 is 11.1 Å². The molecule has 0 aliphatic carbocycles. The van der Waals surface area contributed by atoms with Crippen LogP contribution in [-0.2, 0) is 6.54 Å². The molecule has 0 saturated carbocycles. The van der Waals surface area contributed by atoms with Crippen LogP contribution in [0.5, 0.6) is 0 Å². The maximum Gasteiger partial charge on any atom is 0.0705 e. The van der Waals surface area contributed by atoms with E-state index in [2.05, 4.69) is 29.4 Å². The molecule has 1 atom stereocenters. The first kappa shape index (κ1) is 11.0. The van der Waals surface area contributed by atoms with Crippen LogP contribution >= 0.6 is 0 Å². The summed E-state index contributed by atoms with van der Waals surface area (Å²) in [7, 11) is 0. The molecule has 0 aliphatic rings. The summed E-state index contributed by atoms with van der Waals surface area (Å²) in [6.07, 6.45) is 1.82. The number of pyridine rings is 1. The summed E-state index contributed by atoms with van der Waals surface area (Å²) in [6, 6.07) is 10.6. The number of fused-ring (bicyclic) bond motifs is 1. The zero-order valence-corrected chi connectivity index (χ0v) is 9.48. The molecule has 0 bridgehead atoms. The smallest absolute Gasteiger partial charge is 0.0705 e. The molecule has 0 unspecified atom stereocenters. The summed E-state index contributed by atoms with van der Waals surface area (Å²) >= 11 is 0. The third-order valence-corrected chi connectivity index (χ3v) is 2.73. The van der Waals surface area contributed by atoms with Gasteiger partial charge >= 0.3 is 0 Å². The molecule has 1 aromatic carbocycles. The van der Waals surface area contributed by atoms with Crippen LogP contribution < -0.4 is 11.1 Å². The Bertz CT molecular complexity index is 462. The zero-order valence-electron chi connectivity index (χ0n) is 9.48. The van der Waals surface area contributed by atoms with Crippen molar-refractivity contribution in [3.05, 3.63) is 42.1 Å². The fraction of sp³-hybridized carbons (Fsp3) is 0.308. The molecule has 3 nitrogen and oxygen atoms in total. The van der Waals surface area contributed by atoms with E-state index in [0.29, 0.717) is 12.6 Å². The Morgan fingerprint density at radius 3 is 3.00 bits per heavy atom. The number of hydrogen-bond donors (Lipinski definition) is 2. The lowest BCUT2D eigenvalue weighted by molar-refractivity contribution is 0.558. The fourth-order valence-electron chi connectivity index (χ4n) is 1.69. The standard InChI is InChI=1S/C13H17N3/c1-10(8-14)16-9-11-4-2-6-13-12(11)5-3-7-15-13/h2-7,10,16H,8-9,14H2,1H3/t10-/m0/s1. The molecule has 2 rings (SSSR count). The zero-order chi connectivity index (χ0) is 11.4. The van der Waals surface area contributed by atoms with E-state index < -0.39 is 0 Å². The Morgan fingerprint density at radius 2 is 2.19 bits per heavy atom. The van der Waals surface area contributed by atoms with Crippen molar-refractivity contribution in [3.63, 3.8) is 0 Å². The molecule has 1 heterocycles. The van der Waals surface area contributed by atoms with Gasteiger partial charge in [0, 0.05) is 30.7 Å². The summed E-state index contributed by atoms with van der Waals surface area (Å²) in [5, 5.41) is 4.60. The van der Waals surface area contributed by atoms with Crippen LogP contribution in [0.15, 0.2) is 36.5 Å². The van der Waals surface area contributed by atoms with Crippen molar-refractivity contribution in [3.8, 4) is 0 Å². The molecule has 0 radical (unpaired) electrons. The second-order valence-corrected chi connectivity index (χ2v) is 4.00. The highest BCUT2D eigenvalue weighted by atomic mass is 14.9. The molecule has 0 amide bonds. The van der Waals surface area contributed by atoms with Gasteiger partial charge in [-0.05, 0) is 24.6 Å². The number of hydrogen-bond acceptors (Lipinski definition) is 3. The van der Waals surface area contributed by atoms with Gasteiger partial charge in [0.25, 0.3) is 0 Å². The van der Waals surface area contributed by atoms with Crippen molar-refractivity contribution in [2.45, 2.75) is 19.5 Å². The van der Waals surface area contributed by atoms with E-state index in [9.17, 15) is 0 Å². The van der Waals surface area contributed by atoms with E-state index in [0.717, 1.165) is 12.1 Å². The van der Waals surface area contributed by atoms with Crippen LogP contribution in [-0.4, -0.2) is 17.6 Å². The fourth-order valence-corrected chi connectivity index (χ4v) is 1.69. The summed E-state index contributed by atoms with van der Waals surface area (Å²) in [6.45, 7) is 3.58. The van der Waals surface area contributed by atoms with E-state index in [-0.39, 0.29) is 0 Å². The summed E-state index contributed by atoms with van der Waals surface area (Å²) in [5.41, 5.74) is 7.89. The Kier molecular flexibility index (Phi) is 3.49. The Morgan fingerprint density at radius 1 is 1.31 bits per heavy atom. The molecule has 0 aliphatic heterocycles. The number of rotatable bonds is 4. The molecule has 84 valence electrons. The lowest BCUT2D eigenvalue weighted by atomic mass is 10.1. The lowest BCUT2D eigenvalue weighted by Gasteiger charge is -2.12. The maximum absolute atomic E-state index is 5.57. The summed E-state index contributed by atoms with van der Waals surface area (Å²) in [5.74, 6) is 0. The monoisotopic (exact) mass is 215 g/mol. The normalized spacial score (nSPS) is 12.9. The molecule has 3 N–H and O–H groups in total. The van der Waals surface area contributed by atoms with Crippen molar-refractivity contribution in [1.29, 1.82) is 0 Å². The minimum atomic E-state index is 0.340. The van der Waals surface area contributed by atoms with Gasteiger partial charge in [0.2, 0.25) is 0 Å². The van der Waals surface area contributed by atoms with Crippen LogP contribution in [0.3, 0.4) is 0 Å². The number of aromatic nitrogens is 1. The average Bonchev–Trinajstić information content (AvgIpc) is 2.35. The highest BCUT2D eigenvalue weighted by molar-refractivity contribution is 5.81. The third-order valence-electron chi connectivity index (χ3n) is 2.73. The maximum atomic E-state index is 5.57. The summed E-state index contributed by atoms with van der Waals surface area (Å²) < 4.78 is 0. The van der Waals surface area contributed by atoms with Gasteiger partial charge in [-0.1, -0.05) is 18.2 Å². The first-order valence-corrected chi connectivity index (χ1v) is 5.57. The molecule has 0 fully saturated rings. The Hall–Kier alpha value is -1.45. The molecular formula is C13H17N3. The van der Waals surface area contributed by atoms with Crippen LogP contribution in [0.1, 0.15) is 12.5 Å². The van der Waals surface area contributed by atoms with Gasteiger partial charge in [0.1, 0.15) is 0 Å². The molecular weight excluding hydrogens is 198 g/mol. The lowest BCUT2D eigenvalue weighted by Crippen LogP contribution is -2.32. The predicted octanol–water partition coefficient (Wildman–Crippen LogP) is 1.67. The molecule has 16 heavy (non-hydrogen) atoms. The number of nitrogens with one attached hydrogen (secondary N) is 1. The van der Waals surface area contributed by atoms with E-state index in [1.165, 1.54) is 10.9 Å². The van der Waals surface area contributed by atoms with Gasteiger partial charge in [-0.25, -0.2) is 0 Å². The van der Waals surface area contributed by atoms with E-state index in [1.807, 2.05) is 24.4 Å². The van der Waals surface area contributed by atoms with Gasteiger partial charge in [-0.3, -0.25) is 4.98 Å². The molecule has 0 saturated heterocycles. The van der Waals surface area contributed by atoms with Gasteiger partial charge in [0.15, 0.2) is 0 Å². The van der Waals surface area contributed by atoms with Gasteiger partial charge in [-0.15, -0.1) is 0 Å². The topological polar surface area (TPSA) is 50.9 Å². The molecule has 2 aromatic rings. The van der Waals surface area contributed by atoms with E-state index in [4.69, 9.17) is 5.73 Å². The first-order chi connectivity index (χ1) is 7.81. The molecule has 3 heteroatoms. The highest BCUT2D eigenvalue weighted by Crippen LogP contribution is 2.16. The highest BCUT2D eigenvalue weighted by Gasteiger charge is 2.02. The second-order valence-electron chi connectivity index (χ2n) is 4.00. The molecule has 1 aromatic heterocycles. The predicted molar refractivity (Wildman–Crippen MR) is 67.1 cm³/mol. The number of nitrogens with two attached hydrogens (primary N) is 1. The average molecular weight is 215 g/mol. The van der Waals surface area contributed by atoms with E-state index >= 15 is 0 Å². The van der Waals surface area contributed by atoms with Crippen LogP contribution in [0.4, 0.5) is 0 Å². The quantitative estimate of drug-likeness (QED) is 0.815. The minimum Gasteiger partial charge on any atom is -0.329 e. The van der Waals surface area contributed by atoms with Crippen molar-refractivity contribution >= 4 is 10.9 Å². The van der Waals surface area contributed by atoms with Crippen molar-refractivity contribution < 1.29 is 0 Å². The van der Waals surface area contributed by atoms with Crippen LogP contribution in [0, 0.1) is 0 Å². The minimum absolute atomic E-state index is 0.340. The summed E-state index contributed by atoms with van der Waals surface area (Å²) in [4.78, 5) is 4.34. The third kappa shape index (κ3) is 2.38. The first-order valence-electron chi connectivity index (χ1n) is 5.57. The van der Waals surface area contributed by atoms with Gasteiger partial charge in [0.05, 0.1) is 5.52 Å². The SMILES string of the molecule is C[C@@H](CN)NCc1cccc2ncccc12.